The molecule has 3 N–H and O–H groups in total. The van der Waals surface area contributed by atoms with Gasteiger partial charge < -0.3 is 15.6 Å². The summed E-state index contributed by atoms with van der Waals surface area (Å²) in [4.78, 5) is 0. The Morgan fingerprint density at radius 3 is 3.08 bits per heavy atom. The first-order valence-corrected chi connectivity index (χ1v) is 4.00. The molecule has 0 saturated carbocycles. The number of benzene rings is 1. The number of hydrogen-bond acceptors (Lipinski definition) is 3. The lowest BCUT2D eigenvalue weighted by Crippen LogP contribution is -1.89. The third-order valence-electron chi connectivity index (χ3n) is 1.94. The number of nitrogens with two attached hydrogens (primary N) is 1. The molecule has 0 radical (unpaired) electrons. The molecule has 3 nitrogen and oxygen atoms in total. The van der Waals surface area contributed by atoms with Gasteiger partial charge in [0.25, 0.3) is 0 Å². The normalized spacial score (nSPS) is 14.1. The summed E-state index contributed by atoms with van der Waals surface area (Å²) in [5.41, 5.74) is 6.59. The second kappa shape index (κ2) is 2.45. The summed E-state index contributed by atoms with van der Waals surface area (Å²) in [6.45, 7) is 0.609. The lowest BCUT2D eigenvalue weighted by molar-refractivity contribution is 0.357. The molecule has 12 heavy (non-hydrogen) atoms. The van der Waals surface area contributed by atoms with Crippen molar-refractivity contribution in [2.45, 2.75) is 6.42 Å². The highest BCUT2D eigenvalue weighted by molar-refractivity contribution is 6.33. The zero-order chi connectivity index (χ0) is 8.72. The van der Waals surface area contributed by atoms with Gasteiger partial charge in [0.15, 0.2) is 5.75 Å². The molecule has 0 aromatic heterocycles. The fraction of sp³-hybridized carbons (Fsp3) is 0.250. The Labute approximate surface area is 74.7 Å². The van der Waals surface area contributed by atoms with Crippen LogP contribution in [0.4, 0.5) is 5.69 Å². The Morgan fingerprint density at radius 1 is 1.58 bits per heavy atom. The summed E-state index contributed by atoms with van der Waals surface area (Å²) in [5.74, 6) is 0.649. The molecular formula is C8H8ClNO2. The van der Waals surface area contributed by atoms with E-state index in [9.17, 15) is 5.11 Å². The molecule has 1 aliphatic heterocycles. The lowest BCUT2D eigenvalue weighted by Gasteiger charge is -2.05. The number of halogens is 1. The van der Waals surface area contributed by atoms with Gasteiger partial charge in [-0.3, -0.25) is 0 Å². The number of aromatic hydroxyl groups is 1. The Morgan fingerprint density at radius 2 is 2.33 bits per heavy atom. The Bertz CT molecular complexity index is 338. The molecule has 0 spiro atoms. The molecule has 2 rings (SSSR count). The standard InChI is InChI=1S/C8H8ClNO2/c9-7-4-1-2-12-6(4)3-5(10)8(7)11/h3,11H,1-2,10H2. The topological polar surface area (TPSA) is 55.5 Å². The van der Waals surface area contributed by atoms with Crippen LogP contribution in [0.15, 0.2) is 6.07 Å². The van der Waals surface area contributed by atoms with Crippen LogP contribution in [0.2, 0.25) is 5.02 Å². The van der Waals surface area contributed by atoms with Crippen molar-refractivity contribution in [3.8, 4) is 11.5 Å². The van der Waals surface area contributed by atoms with Crippen LogP contribution in [-0.2, 0) is 6.42 Å². The van der Waals surface area contributed by atoms with E-state index in [-0.39, 0.29) is 11.4 Å². The van der Waals surface area contributed by atoms with Crippen molar-refractivity contribution in [1.29, 1.82) is 0 Å². The van der Waals surface area contributed by atoms with E-state index in [0.717, 1.165) is 12.0 Å². The minimum absolute atomic E-state index is 0.0408. The molecule has 1 aliphatic rings. The molecule has 0 aliphatic carbocycles. The fourth-order valence-corrected chi connectivity index (χ4v) is 1.60. The number of phenols is 1. The molecule has 0 bridgehead atoms. The number of hydrogen-bond donors (Lipinski definition) is 2. The number of nitrogen functional groups attached to an aromatic ring is 1. The van der Waals surface area contributed by atoms with E-state index in [1.807, 2.05) is 0 Å². The molecule has 64 valence electrons. The van der Waals surface area contributed by atoms with Crippen molar-refractivity contribution in [1.82, 2.24) is 0 Å². The highest BCUT2D eigenvalue weighted by Crippen LogP contribution is 2.41. The first-order valence-electron chi connectivity index (χ1n) is 3.62. The van der Waals surface area contributed by atoms with Crippen LogP contribution in [0.3, 0.4) is 0 Å². The SMILES string of the molecule is Nc1cc2c(c(Cl)c1O)CCO2. The van der Waals surface area contributed by atoms with Gasteiger partial charge in [-0.1, -0.05) is 11.6 Å². The highest BCUT2D eigenvalue weighted by atomic mass is 35.5. The fourth-order valence-electron chi connectivity index (χ4n) is 1.30. The van der Waals surface area contributed by atoms with Crippen LogP contribution in [0.5, 0.6) is 11.5 Å². The minimum atomic E-state index is -0.0408. The monoisotopic (exact) mass is 185 g/mol. The van der Waals surface area contributed by atoms with Crippen LogP contribution in [-0.4, -0.2) is 11.7 Å². The van der Waals surface area contributed by atoms with Crippen molar-refractivity contribution in [2.24, 2.45) is 0 Å². The zero-order valence-corrected chi connectivity index (χ0v) is 7.06. The summed E-state index contributed by atoms with van der Waals surface area (Å²) >= 11 is 5.83. The summed E-state index contributed by atoms with van der Waals surface area (Å²) in [6.07, 6.45) is 0.738. The van der Waals surface area contributed by atoms with Gasteiger partial charge in [0.05, 0.1) is 17.3 Å². The second-order valence-corrected chi connectivity index (χ2v) is 3.08. The van der Waals surface area contributed by atoms with Crippen molar-refractivity contribution in [2.75, 3.05) is 12.3 Å². The second-order valence-electron chi connectivity index (χ2n) is 2.70. The molecule has 0 fully saturated rings. The van der Waals surface area contributed by atoms with Gasteiger partial charge in [0.1, 0.15) is 5.75 Å². The predicted octanol–water partition coefficient (Wildman–Crippen LogP) is 1.56. The molecule has 4 heteroatoms. The first kappa shape index (κ1) is 7.55. The zero-order valence-electron chi connectivity index (χ0n) is 6.30. The van der Waals surface area contributed by atoms with Gasteiger partial charge in [-0.25, -0.2) is 0 Å². The van der Waals surface area contributed by atoms with Crippen molar-refractivity contribution in [3.63, 3.8) is 0 Å². The van der Waals surface area contributed by atoms with E-state index < -0.39 is 0 Å². The van der Waals surface area contributed by atoms with Crippen LogP contribution in [0.1, 0.15) is 5.56 Å². The molecule has 0 atom stereocenters. The number of ether oxygens (including phenoxy) is 1. The highest BCUT2D eigenvalue weighted by Gasteiger charge is 2.19. The number of anilines is 1. The third kappa shape index (κ3) is 0.898. The molecule has 0 unspecified atom stereocenters. The molecular weight excluding hydrogens is 178 g/mol. The van der Waals surface area contributed by atoms with Crippen molar-refractivity contribution in [3.05, 3.63) is 16.7 Å². The van der Waals surface area contributed by atoms with Crippen LogP contribution in [0, 0.1) is 0 Å². The Balaban J connectivity index is 2.67. The molecule has 1 aromatic rings. The van der Waals surface area contributed by atoms with Gasteiger partial charge in [-0.15, -0.1) is 0 Å². The average Bonchev–Trinajstić information content (AvgIpc) is 2.48. The van der Waals surface area contributed by atoms with E-state index >= 15 is 0 Å². The Kier molecular flexibility index (Phi) is 1.54. The molecule has 0 saturated heterocycles. The third-order valence-corrected chi connectivity index (χ3v) is 2.35. The van der Waals surface area contributed by atoms with Gasteiger partial charge in [0.2, 0.25) is 0 Å². The van der Waals surface area contributed by atoms with Gasteiger partial charge in [-0.2, -0.15) is 0 Å². The van der Waals surface area contributed by atoms with Gasteiger partial charge in [0, 0.05) is 18.1 Å². The largest absolute Gasteiger partial charge is 0.504 e. The van der Waals surface area contributed by atoms with Crippen LogP contribution >= 0.6 is 11.6 Å². The predicted molar refractivity (Wildman–Crippen MR) is 46.7 cm³/mol. The summed E-state index contributed by atoms with van der Waals surface area (Å²) in [7, 11) is 0. The maximum Gasteiger partial charge on any atom is 0.157 e. The Hall–Kier alpha value is -1.09. The lowest BCUT2D eigenvalue weighted by atomic mass is 10.1. The number of fused-ring (bicyclic) bond motifs is 1. The van der Waals surface area contributed by atoms with E-state index in [0.29, 0.717) is 17.4 Å². The quantitative estimate of drug-likeness (QED) is 0.477. The first-order chi connectivity index (χ1) is 5.70. The molecule has 1 aromatic carbocycles. The van der Waals surface area contributed by atoms with Crippen LogP contribution in [0.25, 0.3) is 0 Å². The van der Waals surface area contributed by atoms with E-state index in [2.05, 4.69) is 0 Å². The summed E-state index contributed by atoms with van der Waals surface area (Å²) in [5, 5.41) is 9.68. The molecule has 1 heterocycles. The van der Waals surface area contributed by atoms with Gasteiger partial charge in [-0.05, 0) is 0 Å². The maximum atomic E-state index is 9.36. The molecule has 0 amide bonds. The van der Waals surface area contributed by atoms with E-state index in [1.54, 1.807) is 6.07 Å². The van der Waals surface area contributed by atoms with Crippen LogP contribution < -0.4 is 10.5 Å². The number of rotatable bonds is 0. The maximum absolute atomic E-state index is 9.36. The van der Waals surface area contributed by atoms with E-state index in [1.165, 1.54) is 0 Å². The van der Waals surface area contributed by atoms with Crippen molar-refractivity contribution < 1.29 is 9.84 Å². The van der Waals surface area contributed by atoms with E-state index in [4.69, 9.17) is 22.1 Å². The summed E-state index contributed by atoms with van der Waals surface area (Å²) in [6, 6.07) is 1.60. The van der Waals surface area contributed by atoms with Gasteiger partial charge >= 0.3 is 0 Å². The average molecular weight is 186 g/mol. The van der Waals surface area contributed by atoms with Crippen molar-refractivity contribution >= 4 is 17.3 Å². The summed E-state index contributed by atoms with van der Waals surface area (Å²) < 4.78 is 5.24. The smallest absolute Gasteiger partial charge is 0.157 e. The number of phenolic OH excluding ortho intramolecular Hbond substituents is 1. The minimum Gasteiger partial charge on any atom is -0.504 e.